The summed E-state index contributed by atoms with van der Waals surface area (Å²) in [5.41, 5.74) is 1.55. The maximum Gasteiger partial charge on any atom is 0.232 e. The van der Waals surface area contributed by atoms with Crippen LogP contribution in [0.3, 0.4) is 0 Å². The average molecular weight is 399 g/mol. The van der Waals surface area contributed by atoms with Crippen LogP contribution in [0.1, 0.15) is 6.42 Å². The van der Waals surface area contributed by atoms with Gasteiger partial charge in [0.1, 0.15) is 5.75 Å². The molecule has 0 saturated heterocycles. The highest BCUT2D eigenvalue weighted by atomic mass is 32.2. The first-order valence-electron chi connectivity index (χ1n) is 8.64. The molecule has 0 aliphatic heterocycles. The monoisotopic (exact) mass is 399 g/mol. The van der Waals surface area contributed by atoms with Crippen LogP contribution in [-0.2, 0) is 14.8 Å². The Kier molecular flexibility index (Phi) is 5.79. The van der Waals surface area contributed by atoms with Crippen LogP contribution in [-0.4, -0.2) is 39.2 Å². The Morgan fingerprint density at radius 1 is 1.11 bits per heavy atom. The van der Waals surface area contributed by atoms with Crippen molar-refractivity contribution in [1.29, 1.82) is 0 Å². The summed E-state index contributed by atoms with van der Waals surface area (Å²) in [7, 11) is -2.08. The number of benzene rings is 2. The summed E-state index contributed by atoms with van der Waals surface area (Å²) in [5, 5.41) is 3.58. The van der Waals surface area contributed by atoms with Gasteiger partial charge in [-0.3, -0.25) is 14.1 Å². The topological polar surface area (TPSA) is 88.6 Å². The molecule has 3 rings (SSSR count). The lowest BCUT2D eigenvalue weighted by Crippen LogP contribution is -2.33. The van der Waals surface area contributed by atoms with Crippen LogP contribution < -0.4 is 14.4 Å². The molecule has 3 aromatic rings. The largest absolute Gasteiger partial charge is 0.495 e. The summed E-state index contributed by atoms with van der Waals surface area (Å²) in [4.78, 5) is 16.7. The zero-order valence-electron chi connectivity index (χ0n) is 15.6. The number of sulfonamides is 1. The maximum atomic E-state index is 12.4. The highest BCUT2D eigenvalue weighted by molar-refractivity contribution is 7.92. The smallest absolute Gasteiger partial charge is 0.232 e. The molecule has 8 heteroatoms. The fourth-order valence-electron chi connectivity index (χ4n) is 2.92. The lowest BCUT2D eigenvalue weighted by atomic mass is 10.2. The second-order valence-corrected chi connectivity index (χ2v) is 8.09. The number of pyridine rings is 1. The van der Waals surface area contributed by atoms with E-state index in [0.717, 1.165) is 11.6 Å². The summed E-state index contributed by atoms with van der Waals surface area (Å²) in [6.45, 7) is -0.00446. The van der Waals surface area contributed by atoms with Crippen LogP contribution >= 0.6 is 0 Å². The molecule has 0 unspecified atom stereocenters. The van der Waals surface area contributed by atoms with E-state index >= 15 is 0 Å². The Balaban J connectivity index is 1.81. The second-order valence-electron chi connectivity index (χ2n) is 6.19. The number of carbonyl (C=O) groups excluding carboxylic acids is 1. The van der Waals surface area contributed by atoms with Crippen LogP contribution in [0.5, 0.6) is 5.75 Å². The molecule has 0 fully saturated rings. The summed E-state index contributed by atoms with van der Waals surface area (Å²) < 4.78 is 31.2. The Morgan fingerprint density at radius 3 is 2.61 bits per heavy atom. The van der Waals surface area contributed by atoms with Crippen LogP contribution in [0.25, 0.3) is 10.9 Å². The van der Waals surface area contributed by atoms with E-state index in [-0.39, 0.29) is 18.9 Å². The molecule has 1 heterocycles. The first-order chi connectivity index (χ1) is 13.4. The van der Waals surface area contributed by atoms with Crippen LogP contribution in [0.2, 0.25) is 0 Å². The SMILES string of the molecule is COc1ccccc1NC(=O)CCN(c1cccc2cccnc12)S(C)(=O)=O. The van der Waals surface area contributed by atoms with Crippen molar-refractivity contribution in [3.63, 3.8) is 0 Å². The minimum Gasteiger partial charge on any atom is -0.495 e. The highest BCUT2D eigenvalue weighted by Crippen LogP contribution is 2.27. The number of fused-ring (bicyclic) bond motifs is 1. The fourth-order valence-corrected chi connectivity index (χ4v) is 3.85. The number of aromatic nitrogens is 1. The van der Waals surface area contributed by atoms with Crippen LogP contribution in [0.15, 0.2) is 60.8 Å². The lowest BCUT2D eigenvalue weighted by Gasteiger charge is -2.23. The molecule has 0 atom stereocenters. The van der Waals surface area contributed by atoms with Gasteiger partial charge in [-0.2, -0.15) is 0 Å². The molecule has 1 aromatic heterocycles. The van der Waals surface area contributed by atoms with E-state index in [4.69, 9.17) is 4.74 Å². The Morgan fingerprint density at radius 2 is 1.86 bits per heavy atom. The van der Waals surface area contributed by atoms with Crippen LogP contribution in [0.4, 0.5) is 11.4 Å². The highest BCUT2D eigenvalue weighted by Gasteiger charge is 2.21. The van der Waals surface area contributed by atoms with Crippen molar-refractivity contribution in [3.05, 3.63) is 60.8 Å². The molecular weight excluding hydrogens is 378 g/mol. The molecule has 28 heavy (non-hydrogen) atoms. The van der Waals surface area contributed by atoms with Gasteiger partial charge in [0.2, 0.25) is 15.9 Å². The van der Waals surface area contributed by atoms with E-state index < -0.39 is 10.0 Å². The van der Waals surface area contributed by atoms with Crippen molar-refractivity contribution in [3.8, 4) is 5.75 Å². The summed E-state index contributed by atoms with van der Waals surface area (Å²) in [5.74, 6) is 0.223. The van der Waals surface area contributed by atoms with Gasteiger partial charge in [0.15, 0.2) is 0 Å². The molecule has 7 nitrogen and oxygen atoms in total. The standard InChI is InChI=1S/C20H21N3O4S/c1-27-18-11-4-3-9-16(18)22-19(24)12-14-23(28(2,25)26)17-10-5-7-15-8-6-13-21-20(15)17/h3-11,13H,12,14H2,1-2H3,(H,22,24). The van der Waals surface area contributed by atoms with E-state index in [2.05, 4.69) is 10.3 Å². The zero-order chi connectivity index (χ0) is 20.1. The van der Waals surface area contributed by atoms with Gasteiger partial charge in [0.05, 0.1) is 30.3 Å². The van der Waals surface area contributed by atoms with Crippen molar-refractivity contribution in [2.45, 2.75) is 6.42 Å². The average Bonchev–Trinajstić information content (AvgIpc) is 2.67. The molecule has 0 spiro atoms. The van der Waals surface area contributed by atoms with Crippen molar-refractivity contribution >= 4 is 38.2 Å². The van der Waals surface area contributed by atoms with Gasteiger partial charge in [0, 0.05) is 24.5 Å². The minimum absolute atomic E-state index is 0.00446. The zero-order valence-corrected chi connectivity index (χ0v) is 16.4. The van der Waals surface area contributed by atoms with Crippen molar-refractivity contribution in [1.82, 2.24) is 4.98 Å². The van der Waals surface area contributed by atoms with Crippen molar-refractivity contribution in [2.24, 2.45) is 0 Å². The number of methoxy groups -OCH3 is 1. The number of carbonyl (C=O) groups is 1. The molecule has 2 aromatic carbocycles. The number of hydrogen-bond acceptors (Lipinski definition) is 5. The third-order valence-corrected chi connectivity index (χ3v) is 5.38. The lowest BCUT2D eigenvalue weighted by molar-refractivity contribution is -0.116. The van der Waals surface area contributed by atoms with Crippen molar-refractivity contribution < 1.29 is 17.9 Å². The summed E-state index contributed by atoms with van der Waals surface area (Å²) in [6, 6.07) is 16.0. The molecule has 1 amide bonds. The van der Waals surface area contributed by atoms with E-state index in [1.165, 1.54) is 11.4 Å². The molecule has 146 valence electrons. The predicted octanol–water partition coefficient (Wildman–Crippen LogP) is 3.04. The van der Waals surface area contributed by atoms with Gasteiger partial charge in [-0.15, -0.1) is 0 Å². The predicted molar refractivity (Wildman–Crippen MR) is 110 cm³/mol. The van der Waals surface area contributed by atoms with Gasteiger partial charge in [0.25, 0.3) is 0 Å². The van der Waals surface area contributed by atoms with Gasteiger partial charge in [-0.25, -0.2) is 8.42 Å². The number of anilines is 2. The third kappa shape index (κ3) is 4.40. The first-order valence-corrected chi connectivity index (χ1v) is 10.5. The van der Waals surface area contributed by atoms with Gasteiger partial charge in [-0.1, -0.05) is 30.3 Å². The normalized spacial score (nSPS) is 11.2. The Labute approximate surface area is 164 Å². The number of amides is 1. The Hall–Kier alpha value is -3.13. The molecule has 0 aliphatic rings. The van der Waals surface area contributed by atoms with E-state index in [1.54, 1.807) is 48.7 Å². The number of nitrogens with one attached hydrogen (secondary N) is 1. The quantitative estimate of drug-likeness (QED) is 0.660. The second kappa shape index (κ2) is 8.26. The van der Waals surface area contributed by atoms with E-state index in [1.807, 2.05) is 12.1 Å². The molecule has 1 N–H and O–H groups in total. The van der Waals surface area contributed by atoms with Gasteiger partial charge in [-0.05, 0) is 24.3 Å². The van der Waals surface area contributed by atoms with E-state index in [0.29, 0.717) is 22.6 Å². The van der Waals surface area contributed by atoms with E-state index in [9.17, 15) is 13.2 Å². The van der Waals surface area contributed by atoms with Crippen molar-refractivity contribution in [2.75, 3.05) is 29.5 Å². The number of nitrogens with zero attached hydrogens (tertiary/aromatic N) is 2. The third-order valence-electron chi connectivity index (χ3n) is 4.20. The van der Waals surface area contributed by atoms with Gasteiger partial charge < -0.3 is 10.1 Å². The number of para-hydroxylation sites is 3. The number of ether oxygens (including phenoxy) is 1. The van der Waals surface area contributed by atoms with Crippen LogP contribution in [0, 0.1) is 0 Å². The number of hydrogen-bond donors (Lipinski definition) is 1. The molecule has 0 saturated carbocycles. The summed E-state index contributed by atoms with van der Waals surface area (Å²) >= 11 is 0. The fraction of sp³-hybridized carbons (Fsp3) is 0.200. The summed E-state index contributed by atoms with van der Waals surface area (Å²) in [6.07, 6.45) is 2.71. The molecule has 0 bridgehead atoms. The number of rotatable bonds is 7. The first kappa shape index (κ1) is 19.6. The molecule has 0 radical (unpaired) electrons. The Bertz CT molecular complexity index is 1090. The maximum absolute atomic E-state index is 12.4. The minimum atomic E-state index is -3.60. The molecular formula is C20H21N3O4S. The van der Waals surface area contributed by atoms with Gasteiger partial charge >= 0.3 is 0 Å². The molecule has 0 aliphatic carbocycles.